The molecule has 10 heteroatoms. The molecular weight excluding hydrogens is 558 g/mol. The Morgan fingerprint density at radius 2 is 1.89 bits per heavy atom. The lowest BCUT2D eigenvalue weighted by Gasteiger charge is -2.34. The van der Waals surface area contributed by atoms with Crippen molar-refractivity contribution in [3.8, 4) is 5.75 Å². The Hall–Kier alpha value is -4.39. The van der Waals surface area contributed by atoms with E-state index in [2.05, 4.69) is 20.8 Å². The number of amides is 4. The van der Waals surface area contributed by atoms with E-state index in [1.54, 1.807) is 4.90 Å². The third-order valence-corrected chi connectivity index (χ3v) is 8.47. The normalized spacial score (nSPS) is 21.9. The molecule has 0 spiro atoms. The summed E-state index contributed by atoms with van der Waals surface area (Å²) in [4.78, 5) is 59.0. The van der Waals surface area contributed by atoms with Crippen molar-refractivity contribution < 1.29 is 23.9 Å². The molecule has 2 aromatic rings. The molecule has 2 aromatic carbocycles. The van der Waals surface area contributed by atoms with E-state index in [9.17, 15) is 19.2 Å². The molecule has 0 aromatic heterocycles. The minimum atomic E-state index is -1.43. The number of carbonyl (C=O) groups is 4. The number of aryl methyl sites for hydroxylation is 2. The van der Waals surface area contributed by atoms with Gasteiger partial charge in [-0.3, -0.25) is 19.2 Å². The molecule has 1 saturated heterocycles. The second kappa shape index (κ2) is 14.9. The molecule has 4 amide bonds. The largest absolute Gasteiger partial charge is 0.494 e. The third-order valence-electron chi connectivity index (χ3n) is 8.47. The highest BCUT2D eigenvalue weighted by atomic mass is 16.5. The van der Waals surface area contributed by atoms with Gasteiger partial charge in [0.25, 0.3) is 0 Å². The number of rotatable bonds is 5. The van der Waals surface area contributed by atoms with Crippen molar-refractivity contribution in [3.05, 3.63) is 76.6 Å². The predicted octanol–water partition coefficient (Wildman–Crippen LogP) is 3.32. The number of hydrogen-bond acceptors (Lipinski definition) is 5. The summed E-state index contributed by atoms with van der Waals surface area (Å²) < 4.78 is 6.07. The van der Waals surface area contributed by atoms with Crippen LogP contribution in [0.3, 0.4) is 0 Å². The highest BCUT2D eigenvalue weighted by molar-refractivity contribution is 5.97. The number of benzene rings is 2. The number of piperidine rings is 1. The van der Waals surface area contributed by atoms with E-state index in [4.69, 9.17) is 11.3 Å². The Labute approximate surface area is 259 Å². The van der Waals surface area contributed by atoms with Crippen molar-refractivity contribution in [1.82, 2.24) is 20.9 Å². The van der Waals surface area contributed by atoms with Gasteiger partial charge in [-0.25, -0.2) is 6.57 Å². The number of nitrogens with zero attached hydrogens (tertiary/aromatic N) is 2. The first-order chi connectivity index (χ1) is 21.1. The lowest BCUT2D eigenvalue weighted by molar-refractivity contribution is -0.138. The Bertz CT molecular complexity index is 1390. The molecule has 3 atom stereocenters. The van der Waals surface area contributed by atoms with Crippen LogP contribution in [-0.4, -0.2) is 65.8 Å². The van der Waals surface area contributed by atoms with Crippen LogP contribution in [0.5, 0.6) is 5.75 Å². The first-order valence-corrected chi connectivity index (χ1v) is 15.4. The van der Waals surface area contributed by atoms with Crippen LogP contribution < -0.4 is 20.7 Å². The molecule has 1 fully saturated rings. The van der Waals surface area contributed by atoms with Crippen LogP contribution in [0.25, 0.3) is 4.85 Å². The quantitative estimate of drug-likeness (QED) is 0.454. The molecule has 4 rings (SSSR count). The van der Waals surface area contributed by atoms with E-state index < -0.39 is 29.4 Å². The van der Waals surface area contributed by atoms with Gasteiger partial charge in [0.05, 0.1) is 13.0 Å². The van der Waals surface area contributed by atoms with Crippen LogP contribution in [0.2, 0.25) is 0 Å². The smallest absolute Gasteiger partial charge is 0.306 e. The maximum atomic E-state index is 13.8. The standard InChI is InChI=1S/C34H43N5O5/c1-23-12-14-27-19-26(23)21-36-31(41)28(15-13-24-9-6-5-7-10-24)37-32(42)29(38-33(43)34(2,3)35-4)20-30(40)39-17-8-11-25(22-39)16-18-44-27/h5-7,9-10,12,14,19,25,28-29H,8,11,13,15-18,20-22H2,1-3H3,(H,36,41)(H,37,42)(H,38,43)/t25?,28-,29-/m0/s1. The van der Waals surface area contributed by atoms with Gasteiger partial charge in [-0.2, -0.15) is 0 Å². The topological polar surface area (TPSA) is 121 Å². The van der Waals surface area contributed by atoms with Crippen molar-refractivity contribution in [2.75, 3.05) is 19.7 Å². The summed E-state index contributed by atoms with van der Waals surface area (Å²) >= 11 is 0. The fourth-order valence-corrected chi connectivity index (χ4v) is 5.50. The summed E-state index contributed by atoms with van der Waals surface area (Å²) in [5, 5.41) is 8.43. The summed E-state index contributed by atoms with van der Waals surface area (Å²) in [7, 11) is 0. The van der Waals surface area contributed by atoms with E-state index in [-0.39, 0.29) is 30.7 Å². The van der Waals surface area contributed by atoms with Gasteiger partial charge >= 0.3 is 11.4 Å². The second-order valence-electron chi connectivity index (χ2n) is 12.3. The van der Waals surface area contributed by atoms with E-state index in [0.717, 1.165) is 41.7 Å². The molecule has 3 N–H and O–H groups in total. The maximum absolute atomic E-state index is 13.8. The minimum Gasteiger partial charge on any atom is -0.494 e. The molecule has 0 aliphatic carbocycles. The number of nitrogens with one attached hydrogen (secondary N) is 3. The van der Waals surface area contributed by atoms with Gasteiger partial charge < -0.3 is 30.4 Å². The number of carbonyl (C=O) groups excluding carboxylic acids is 4. The summed E-state index contributed by atoms with van der Waals surface area (Å²) in [5.74, 6) is -0.955. The summed E-state index contributed by atoms with van der Waals surface area (Å²) in [6, 6.07) is 13.3. The first-order valence-electron chi connectivity index (χ1n) is 15.4. The Kier molecular flexibility index (Phi) is 11.0. The van der Waals surface area contributed by atoms with Crippen LogP contribution >= 0.6 is 0 Å². The SMILES string of the molecule is [C-]#[N+]C(C)(C)C(=O)N[C@H]1CC(=O)N2CCCC(CCOc3ccc(C)c(c3)CNC(=O)[C@H](CCc3ccccc3)NC1=O)C2. The summed E-state index contributed by atoms with van der Waals surface area (Å²) in [5.41, 5.74) is 1.49. The highest BCUT2D eigenvalue weighted by Crippen LogP contribution is 2.23. The van der Waals surface area contributed by atoms with Crippen molar-refractivity contribution in [2.45, 2.75) is 83.5 Å². The molecule has 2 aliphatic heterocycles. The van der Waals surface area contributed by atoms with Crippen LogP contribution in [0.15, 0.2) is 48.5 Å². The number of ether oxygens (including phenoxy) is 1. The summed E-state index contributed by atoms with van der Waals surface area (Å²) in [6.45, 7) is 14.2. The van der Waals surface area contributed by atoms with E-state index in [0.29, 0.717) is 32.5 Å². The Morgan fingerprint density at radius 1 is 1.11 bits per heavy atom. The molecule has 234 valence electrons. The van der Waals surface area contributed by atoms with Gasteiger partial charge in [-0.15, -0.1) is 0 Å². The Balaban J connectivity index is 1.63. The predicted molar refractivity (Wildman–Crippen MR) is 166 cm³/mol. The molecule has 2 heterocycles. The van der Waals surface area contributed by atoms with Gasteiger partial charge in [0.1, 0.15) is 17.8 Å². The fraction of sp³-hybridized carbons (Fsp3) is 0.500. The van der Waals surface area contributed by atoms with E-state index >= 15 is 0 Å². The first kappa shape index (κ1) is 32.5. The number of hydrogen-bond donors (Lipinski definition) is 3. The van der Waals surface area contributed by atoms with E-state index in [1.807, 2.05) is 55.5 Å². The van der Waals surface area contributed by atoms with Crippen molar-refractivity contribution in [2.24, 2.45) is 5.92 Å². The molecule has 0 radical (unpaired) electrons. The van der Waals surface area contributed by atoms with Gasteiger partial charge in [0, 0.05) is 33.5 Å². The van der Waals surface area contributed by atoms with Gasteiger partial charge in [-0.1, -0.05) is 36.4 Å². The monoisotopic (exact) mass is 601 g/mol. The number of fused-ring (bicyclic) bond motifs is 4. The maximum Gasteiger partial charge on any atom is 0.306 e. The molecule has 2 aliphatic rings. The zero-order valence-corrected chi connectivity index (χ0v) is 25.9. The third kappa shape index (κ3) is 8.82. The van der Waals surface area contributed by atoms with E-state index in [1.165, 1.54) is 13.8 Å². The van der Waals surface area contributed by atoms with Crippen molar-refractivity contribution in [1.29, 1.82) is 0 Å². The van der Waals surface area contributed by atoms with Gasteiger partial charge in [-0.05, 0) is 73.8 Å². The molecule has 1 unspecified atom stereocenters. The van der Waals surface area contributed by atoms with Gasteiger partial charge in [0.15, 0.2) is 0 Å². The Morgan fingerprint density at radius 3 is 2.64 bits per heavy atom. The van der Waals surface area contributed by atoms with Crippen LogP contribution in [0.4, 0.5) is 0 Å². The van der Waals surface area contributed by atoms with Crippen LogP contribution in [0, 0.1) is 19.4 Å². The van der Waals surface area contributed by atoms with Crippen LogP contribution in [-0.2, 0) is 32.1 Å². The zero-order chi connectivity index (χ0) is 31.7. The minimum absolute atomic E-state index is 0.245. The van der Waals surface area contributed by atoms with Gasteiger partial charge in [0.2, 0.25) is 17.7 Å². The van der Waals surface area contributed by atoms with Crippen LogP contribution in [0.1, 0.15) is 62.6 Å². The molecular formula is C34H43N5O5. The fourth-order valence-electron chi connectivity index (χ4n) is 5.50. The van der Waals surface area contributed by atoms with Crippen molar-refractivity contribution in [3.63, 3.8) is 0 Å². The molecule has 4 bridgehead atoms. The average Bonchev–Trinajstić information content (AvgIpc) is 3.02. The highest BCUT2D eigenvalue weighted by Gasteiger charge is 2.38. The molecule has 10 nitrogen and oxygen atoms in total. The second-order valence-corrected chi connectivity index (χ2v) is 12.3. The molecule has 44 heavy (non-hydrogen) atoms. The summed E-state index contributed by atoms with van der Waals surface area (Å²) in [6.07, 6.45) is 3.14. The lowest BCUT2D eigenvalue weighted by atomic mass is 9.94. The average molecular weight is 602 g/mol. The van der Waals surface area contributed by atoms with Crippen molar-refractivity contribution >= 4 is 23.6 Å². The molecule has 0 saturated carbocycles. The zero-order valence-electron chi connectivity index (χ0n) is 25.9. The lowest BCUT2D eigenvalue weighted by Crippen LogP contribution is -2.57.